The quantitative estimate of drug-likeness (QED) is 0.665. The van der Waals surface area contributed by atoms with Crippen LogP contribution in [-0.4, -0.2) is 35.9 Å². The molecule has 0 radical (unpaired) electrons. The molecule has 0 aliphatic heterocycles. The van der Waals surface area contributed by atoms with Crippen LogP contribution < -0.4 is 10.6 Å². The predicted octanol–water partition coefficient (Wildman–Crippen LogP) is 1.98. The number of carboxylic acid groups (broad SMARTS) is 1. The van der Waals surface area contributed by atoms with E-state index >= 15 is 0 Å². The summed E-state index contributed by atoms with van der Waals surface area (Å²) in [5.74, 6) is -1.13. The van der Waals surface area contributed by atoms with Gasteiger partial charge >= 0.3 is 12.1 Å². The van der Waals surface area contributed by atoms with E-state index in [1.165, 1.54) is 6.26 Å². The van der Waals surface area contributed by atoms with Gasteiger partial charge in [-0.15, -0.1) is 0 Å². The van der Waals surface area contributed by atoms with Crippen molar-refractivity contribution in [1.82, 2.24) is 10.6 Å². The zero-order valence-electron chi connectivity index (χ0n) is 12.6. The summed E-state index contributed by atoms with van der Waals surface area (Å²) < 4.78 is 9.97. The first kappa shape index (κ1) is 17.0. The molecular weight excluding hydrogens is 276 g/mol. The Balaban J connectivity index is 2.14. The number of amides is 1. The Bertz CT molecular complexity index is 476. The van der Waals surface area contributed by atoms with E-state index in [9.17, 15) is 9.59 Å². The maximum atomic E-state index is 11.4. The number of carbonyl (C=O) groups excluding carboxylic acids is 1. The molecule has 1 heterocycles. The van der Waals surface area contributed by atoms with E-state index in [0.717, 1.165) is 0 Å². The third kappa shape index (κ3) is 6.80. The van der Waals surface area contributed by atoms with Gasteiger partial charge in [-0.05, 0) is 39.8 Å². The smallest absolute Gasteiger partial charge is 0.407 e. The summed E-state index contributed by atoms with van der Waals surface area (Å²) in [6.45, 7) is 6.95. The van der Waals surface area contributed by atoms with Crippen LogP contribution in [0.3, 0.4) is 0 Å². The highest BCUT2D eigenvalue weighted by molar-refractivity contribution is 5.86. The van der Waals surface area contributed by atoms with Gasteiger partial charge in [-0.25, -0.2) is 9.59 Å². The molecule has 0 saturated carbocycles. The summed E-state index contributed by atoms with van der Waals surface area (Å²) in [4.78, 5) is 22.2. The molecule has 0 aliphatic rings. The van der Waals surface area contributed by atoms with E-state index < -0.39 is 17.7 Å². The molecule has 0 fully saturated rings. The van der Waals surface area contributed by atoms with Gasteiger partial charge in [-0.1, -0.05) is 0 Å². The number of furan rings is 1. The van der Waals surface area contributed by atoms with Gasteiger partial charge in [-0.2, -0.15) is 0 Å². The lowest BCUT2D eigenvalue weighted by atomic mass is 10.2. The van der Waals surface area contributed by atoms with E-state index in [2.05, 4.69) is 10.6 Å². The number of hydrogen-bond acceptors (Lipinski definition) is 5. The minimum absolute atomic E-state index is 0.0469. The highest BCUT2D eigenvalue weighted by atomic mass is 16.6. The summed E-state index contributed by atoms with van der Waals surface area (Å²) in [6, 6.07) is 1.62. The van der Waals surface area contributed by atoms with Gasteiger partial charge in [0.25, 0.3) is 0 Å². The number of carbonyl (C=O) groups is 2. The van der Waals surface area contributed by atoms with Crippen molar-refractivity contribution in [2.45, 2.75) is 39.3 Å². The van der Waals surface area contributed by atoms with Gasteiger partial charge in [0.05, 0.1) is 6.26 Å². The standard InChI is InChI=1S/C14H22N2O5/c1-14(2,3)21-13(19)16-7-4-6-15-9-10-5-8-20-11(10)12(17)18/h5,8,15H,4,6-7,9H2,1-3H3,(H,16,19)(H,17,18). The topological polar surface area (TPSA) is 101 Å². The lowest BCUT2D eigenvalue weighted by Crippen LogP contribution is -2.33. The van der Waals surface area contributed by atoms with Crippen molar-refractivity contribution in [3.05, 3.63) is 23.7 Å². The Morgan fingerprint density at radius 3 is 2.67 bits per heavy atom. The van der Waals surface area contributed by atoms with Crippen LogP contribution in [0, 0.1) is 0 Å². The monoisotopic (exact) mass is 298 g/mol. The minimum atomic E-state index is -1.08. The Hall–Kier alpha value is -2.02. The van der Waals surface area contributed by atoms with Crippen LogP contribution in [0.15, 0.2) is 16.7 Å². The molecule has 0 bridgehead atoms. The first-order chi connectivity index (χ1) is 9.79. The van der Waals surface area contributed by atoms with E-state index in [1.807, 2.05) is 0 Å². The number of hydrogen-bond donors (Lipinski definition) is 3. The number of nitrogens with one attached hydrogen (secondary N) is 2. The molecule has 21 heavy (non-hydrogen) atoms. The fraction of sp³-hybridized carbons (Fsp3) is 0.571. The van der Waals surface area contributed by atoms with Crippen LogP contribution in [0.2, 0.25) is 0 Å². The first-order valence-electron chi connectivity index (χ1n) is 6.77. The Morgan fingerprint density at radius 2 is 2.05 bits per heavy atom. The van der Waals surface area contributed by atoms with Gasteiger partial charge in [0.15, 0.2) is 0 Å². The summed E-state index contributed by atoms with van der Waals surface area (Å²) >= 11 is 0. The molecule has 0 aromatic carbocycles. The molecule has 0 saturated heterocycles. The molecule has 3 N–H and O–H groups in total. The van der Waals surface area contributed by atoms with Crippen LogP contribution in [-0.2, 0) is 11.3 Å². The maximum absolute atomic E-state index is 11.4. The van der Waals surface area contributed by atoms with E-state index in [0.29, 0.717) is 31.6 Å². The number of alkyl carbamates (subject to hydrolysis) is 1. The Labute approximate surface area is 123 Å². The van der Waals surface area contributed by atoms with Gasteiger partial charge < -0.3 is 24.9 Å². The van der Waals surface area contributed by atoms with Crippen LogP contribution in [0.5, 0.6) is 0 Å². The largest absolute Gasteiger partial charge is 0.475 e. The van der Waals surface area contributed by atoms with Crippen LogP contribution >= 0.6 is 0 Å². The number of carboxylic acids is 1. The number of ether oxygens (including phenoxy) is 1. The zero-order valence-corrected chi connectivity index (χ0v) is 12.6. The lowest BCUT2D eigenvalue weighted by molar-refractivity contribution is 0.0526. The van der Waals surface area contributed by atoms with E-state index in [1.54, 1.807) is 26.8 Å². The van der Waals surface area contributed by atoms with Crippen molar-refractivity contribution in [1.29, 1.82) is 0 Å². The molecule has 1 aromatic rings. The highest BCUT2D eigenvalue weighted by Crippen LogP contribution is 2.10. The van der Waals surface area contributed by atoms with Crippen molar-refractivity contribution in [2.75, 3.05) is 13.1 Å². The predicted molar refractivity (Wildman–Crippen MR) is 76.2 cm³/mol. The van der Waals surface area contributed by atoms with Crippen molar-refractivity contribution in [3.63, 3.8) is 0 Å². The van der Waals surface area contributed by atoms with E-state index in [-0.39, 0.29) is 5.76 Å². The molecule has 1 amide bonds. The fourth-order valence-corrected chi connectivity index (χ4v) is 1.60. The van der Waals surface area contributed by atoms with E-state index in [4.69, 9.17) is 14.3 Å². The van der Waals surface area contributed by atoms with Gasteiger partial charge in [0.1, 0.15) is 5.60 Å². The Morgan fingerprint density at radius 1 is 1.33 bits per heavy atom. The summed E-state index contributed by atoms with van der Waals surface area (Å²) in [5, 5.41) is 14.6. The maximum Gasteiger partial charge on any atom is 0.407 e. The van der Waals surface area contributed by atoms with Gasteiger partial charge in [-0.3, -0.25) is 0 Å². The van der Waals surface area contributed by atoms with Crippen molar-refractivity contribution >= 4 is 12.1 Å². The molecule has 7 heteroatoms. The normalized spacial score (nSPS) is 11.2. The second kappa shape index (κ2) is 7.68. The second-order valence-electron chi connectivity index (χ2n) is 5.54. The molecule has 0 spiro atoms. The van der Waals surface area contributed by atoms with Gasteiger partial charge in [0, 0.05) is 18.7 Å². The van der Waals surface area contributed by atoms with Crippen LogP contribution in [0.4, 0.5) is 4.79 Å². The SMILES string of the molecule is CC(C)(C)OC(=O)NCCCNCc1ccoc1C(=O)O. The molecule has 1 aromatic heterocycles. The fourth-order valence-electron chi connectivity index (χ4n) is 1.60. The van der Waals surface area contributed by atoms with Crippen molar-refractivity contribution in [3.8, 4) is 0 Å². The molecule has 1 rings (SSSR count). The number of aromatic carboxylic acids is 1. The molecular formula is C14H22N2O5. The summed E-state index contributed by atoms with van der Waals surface area (Å²) in [6.07, 6.45) is 1.62. The van der Waals surface area contributed by atoms with Crippen molar-refractivity contribution in [2.24, 2.45) is 0 Å². The highest BCUT2D eigenvalue weighted by Gasteiger charge is 2.15. The van der Waals surface area contributed by atoms with Crippen LogP contribution in [0.25, 0.3) is 0 Å². The average Bonchev–Trinajstić information content (AvgIpc) is 2.79. The van der Waals surface area contributed by atoms with Crippen LogP contribution in [0.1, 0.15) is 43.3 Å². The summed E-state index contributed by atoms with van der Waals surface area (Å²) in [7, 11) is 0. The first-order valence-corrected chi connectivity index (χ1v) is 6.77. The lowest BCUT2D eigenvalue weighted by Gasteiger charge is -2.19. The molecule has 0 unspecified atom stereocenters. The molecule has 7 nitrogen and oxygen atoms in total. The summed E-state index contributed by atoms with van der Waals surface area (Å²) in [5.41, 5.74) is 0.0965. The minimum Gasteiger partial charge on any atom is -0.475 e. The number of rotatable bonds is 7. The molecule has 118 valence electrons. The third-order valence-corrected chi connectivity index (χ3v) is 2.46. The van der Waals surface area contributed by atoms with Crippen molar-refractivity contribution < 1.29 is 23.8 Å². The van der Waals surface area contributed by atoms with Gasteiger partial charge in [0.2, 0.25) is 5.76 Å². The molecule has 0 aliphatic carbocycles. The average molecular weight is 298 g/mol. The zero-order chi connectivity index (χ0) is 15.9. The third-order valence-electron chi connectivity index (χ3n) is 2.46. The Kier molecular flexibility index (Phi) is 6.23. The molecule has 0 atom stereocenters. The second-order valence-corrected chi connectivity index (χ2v) is 5.54.